The fourth-order valence-electron chi connectivity index (χ4n) is 6.44. The van der Waals surface area contributed by atoms with Crippen LogP contribution in [0.25, 0.3) is 43.6 Å². The maximum absolute atomic E-state index is 10.7. The number of pyridine rings is 4. The molecule has 0 radical (unpaired) electrons. The first-order valence-electron chi connectivity index (χ1n) is 20.4. The van der Waals surface area contributed by atoms with E-state index >= 15 is 0 Å². The predicted octanol–water partition coefficient (Wildman–Crippen LogP) is 14.5. The Balaban J connectivity index is 0.000000175. The van der Waals surface area contributed by atoms with Gasteiger partial charge in [-0.3, -0.25) is 0 Å². The van der Waals surface area contributed by atoms with E-state index < -0.39 is 7.81 Å². The summed E-state index contributed by atoms with van der Waals surface area (Å²) >= 11 is 0. The summed E-state index contributed by atoms with van der Waals surface area (Å²) in [6, 6.07) is 63.9. The van der Waals surface area contributed by atoms with Crippen LogP contribution < -0.4 is 0 Å². The van der Waals surface area contributed by atoms with Crippen LogP contribution >= 0.6 is 7.81 Å². The van der Waals surface area contributed by atoms with Gasteiger partial charge in [-0.1, -0.05) is 121 Å². The Bertz CT molecular complexity index is 3230. The predicted molar refractivity (Wildman–Crippen MR) is 257 cm³/mol. The van der Waals surface area contributed by atoms with Crippen molar-refractivity contribution in [2.45, 2.75) is 0 Å². The number of benzene rings is 6. The molecule has 4 nitrogen and oxygen atoms in total. The molecule has 334 valence electrons. The van der Waals surface area contributed by atoms with Crippen LogP contribution in [0, 0.1) is 47.4 Å². The Morgan fingerprint density at radius 1 is 0.250 bits per heavy atom. The molecule has 10 rings (SSSR count). The van der Waals surface area contributed by atoms with Crippen molar-refractivity contribution in [3.63, 3.8) is 0 Å². The van der Waals surface area contributed by atoms with E-state index in [1.54, 1.807) is 0 Å². The second-order valence-corrected chi connectivity index (χ2v) is 16.5. The average molecular weight is 969 g/mol. The van der Waals surface area contributed by atoms with Crippen molar-refractivity contribution in [1.82, 2.24) is 19.9 Å². The Morgan fingerprint density at radius 3 is 0.618 bits per heavy atom. The molecule has 0 bridgehead atoms. The maximum atomic E-state index is 9.87. The molecule has 10 aromatic rings. The average Bonchev–Trinajstić information content (AvgIpc) is 3.34. The zero-order valence-electron chi connectivity index (χ0n) is 35.3. The first kappa shape index (κ1) is 47.7. The number of aromatic nitrogens is 4. The Hall–Kier alpha value is -8.27. The van der Waals surface area contributed by atoms with Crippen LogP contribution in [0.5, 0.6) is 0 Å². The van der Waals surface area contributed by atoms with Crippen molar-refractivity contribution >= 4 is 51.4 Å². The van der Waals surface area contributed by atoms with E-state index in [0.717, 1.165) is 88.6 Å². The van der Waals surface area contributed by atoms with E-state index in [4.69, 9.17) is 19.9 Å². The van der Waals surface area contributed by atoms with Crippen LogP contribution in [0.2, 0.25) is 0 Å². The molecule has 0 saturated heterocycles. The number of halogens is 6. The molecule has 4 aromatic heterocycles. The minimum atomic E-state index is -10.7. The van der Waals surface area contributed by atoms with Gasteiger partial charge in [-0.15, -0.1) is 0 Å². The van der Waals surface area contributed by atoms with Crippen molar-refractivity contribution in [3.8, 4) is 47.4 Å². The first-order chi connectivity index (χ1) is 32.1. The van der Waals surface area contributed by atoms with E-state index in [1.807, 2.05) is 170 Å². The van der Waals surface area contributed by atoms with Crippen molar-refractivity contribution in [1.29, 1.82) is 0 Å². The molecule has 0 aliphatic heterocycles. The van der Waals surface area contributed by atoms with Gasteiger partial charge in [0.25, 0.3) is 0 Å². The summed E-state index contributed by atoms with van der Waals surface area (Å²) in [5.74, 6) is 25.3. The van der Waals surface area contributed by atoms with Crippen molar-refractivity contribution < 1.29 is 42.3 Å². The zero-order chi connectivity index (χ0) is 46.8. The van der Waals surface area contributed by atoms with E-state index in [0.29, 0.717) is 0 Å². The molecule has 0 amide bonds. The molecule has 0 saturated carbocycles. The standard InChI is InChI=1S/2C28H16N2.Cu.F6P/c2*1-3-7-21(8-4-1)11-17-25-19-15-23-13-14-24-16-20-26(30-28(24)27(23)29-25)18-12-22-9-5-2-6-10-22;;1-7(2,3,4,5)6/h2*1-10,13-16,19-20H;;/q;;+1;-1. The third kappa shape index (κ3) is 14.4. The van der Waals surface area contributed by atoms with Crippen LogP contribution in [0.1, 0.15) is 45.0 Å². The molecule has 68 heavy (non-hydrogen) atoms. The summed E-state index contributed by atoms with van der Waals surface area (Å²) in [6.45, 7) is 0. The number of nitrogens with zero attached hydrogens (tertiary/aromatic N) is 4. The van der Waals surface area contributed by atoms with Gasteiger partial charge < -0.3 is 0 Å². The quantitative estimate of drug-likeness (QED) is 0.0500. The summed E-state index contributed by atoms with van der Waals surface area (Å²) in [5, 5.41) is 4.14. The van der Waals surface area contributed by atoms with Crippen LogP contribution in [0.15, 0.2) is 194 Å². The number of hydrogen-bond acceptors (Lipinski definition) is 4. The second-order valence-electron chi connectivity index (χ2n) is 14.6. The summed E-state index contributed by atoms with van der Waals surface area (Å²) in [6.07, 6.45) is 0. The molecule has 0 atom stereocenters. The van der Waals surface area contributed by atoms with E-state index in [-0.39, 0.29) is 17.1 Å². The molecule has 0 fully saturated rings. The molecule has 0 spiro atoms. The molecule has 6 aromatic carbocycles. The fourth-order valence-corrected chi connectivity index (χ4v) is 6.44. The van der Waals surface area contributed by atoms with Crippen molar-refractivity contribution in [2.24, 2.45) is 0 Å². The summed E-state index contributed by atoms with van der Waals surface area (Å²) in [7, 11) is -10.7. The van der Waals surface area contributed by atoms with Crippen LogP contribution in [-0.2, 0) is 17.1 Å². The zero-order valence-corrected chi connectivity index (χ0v) is 37.1. The smallest absolute Gasteiger partial charge is 1.00 e. The third-order valence-electron chi connectivity index (χ3n) is 9.47. The van der Waals surface area contributed by atoms with Gasteiger partial charge in [0.05, 0.1) is 22.1 Å². The van der Waals surface area contributed by atoms with Gasteiger partial charge in [-0.25, -0.2) is 19.9 Å². The van der Waals surface area contributed by atoms with Gasteiger partial charge in [0, 0.05) is 43.8 Å². The van der Waals surface area contributed by atoms with Gasteiger partial charge in [-0.05, 0) is 121 Å². The summed E-state index contributed by atoms with van der Waals surface area (Å²) < 4.78 is 59.2. The minimum absolute atomic E-state index is 0. The molecule has 0 aliphatic rings. The molecule has 0 unspecified atom stereocenters. The van der Waals surface area contributed by atoms with Gasteiger partial charge in [-0.2, -0.15) is 0 Å². The van der Waals surface area contributed by atoms with E-state index in [9.17, 15) is 25.2 Å². The fraction of sp³-hybridized carbons (Fsp3) is 0. The van der Waals surface area contributed by atoms with Crippen LogP contribution in [0.4, 0.5) is 25.2 Å². The molecule has 12 heteroatoms. The Labute approximate surface area is 398 Å². The summed E-state index contributed by atoms with van der Waals surface area (Å²) in [4.78, 5) is 19.2. The molecular weight excluding hydrogens is 937 g/mol. The Kier molecular flexibility index (Phi) is 14.1. The van der Waals surface area contributed by atoms with Gasteiger partial charge in [0.15, 0.2) is 0 Å². The molecule has 0 aliphatic carbocycles. The normalized spacial score (nSPS) is 11.3. The summed E-state index contributed by atoms with van der Waals surface area (Å²) in [5.41, 5.74) is 10.1. The Morgan fingerprint density at radius 2 is 0.426 bits per heavy atom. The van der Waals surface area contributed by atoms with Gasteiger partial charge in [0.1, 0.15) is 22.8 Å². The third-order valence-corrected chi connectivity index (χ3v) is 9.47. The SMILES string of the molecule is C(#Cc1ccc2ccc3ccc(C#Cc4ccccc4)nc3c2n1)c1ccccc1.C(#Cc1ccc2ccc3ccc(C#Cc4ccccc4)nc3c2n1)c1ccccc1.F[P-](F)(F)(F)(F)F.[Cu+]. The van der Waals surface area contributed by atoms with E-state index in [1.165, 1.54) is 0 Å². The largest absolute Gasteiger partial charge is 1.00 e. The monoisotopic (exact) mass is 968 g/mol. The van der Waals surface area contributed by atoms with Crippen LogP contribution in [-0.4, -0.2) is 19.9 Å². The van der Waals surface area contributed by atoms with Gasteiger partial charge >= 0.3 is 50.1 Å². The van der Waals surface area contributed by atoms with Crippen LogP contribution in [0.3, 0.4) is 0 Å². The number of rotatable bonds is 0. The van der Waals surface area contributed by atoms with Gasteiger partial charge in [0.2, 0.25) is 0 Å². The van der Waals surface area contributed by atoms with Crippen molar-refractivity contribution in [2.75, 3.05) is 0 Å². The molecule has 4 heterocycles. The molecule has 0 N–H and O–H groups in total. The van der Waals surface area contributed by atoms with E-state index in [2.05, 4.69) is 71.6 Å². The maximum Gasteiger partial charge on any atom is 1.00 e. The molecular formula is C56H32CuF6N4P. The van der Waals surface area contributed by atoms with Crippen molar-refractivity contribution in [3.05, 3.63) is 239 Å². The number of fused-ring (bicyclic) bond motifs is 6. The number of hydrogen-bond donors (Lipinski definition) is 0. The second kappa shape index (κ2) is 20.1. The minimum Gasteiger partial charge on any atom is 1.00 e. The first-order valence-corrected chi connectivity index (χ1v) is 22.4. The topological polar surface area (TPSA) is 51.6 Å².